The SMILES string of the molecule is CCCCC#Cc1ccc(Cn2c(C)nc3ccc(C(=O)O)cc32)c(Cl)c1. The van der Waals surface area contributed by atoms with Gasteiger partial charge in [-0.15, -0.1) is 0 Å². The van der Waals surface area contributed by atoms with Gasteiger partial charge in [-0.3, -0.25) is 0 Å². The molecular formula is C22H21ClN2O2. The summed E-state index contributed by atoms with van der Waals surface area (Å²) in [5, 5.41) is 9.89. The summed E-state index contributed by atoms with van der Waals surface area (Å²) >= 11 is 6.48. The Hall–Kier alpha value is -2.77. The molecule has 0 saturated carbocycles. The summed E-state index contributed by atoms with van der Waals surface area (Å²) < 4.78 is 1.98. The number of aromatic nitrogens is 2. The molecular weight excluding hydrogens is 360 g/mol. The van der Waals surface area contributed by atoms with Crippen molar-refractivity contribution in [1.29, 1.82) is 0 Å². The van der Waals surface area contributed by atoms with E-state index in [0.29, 0.717) is 11.6 Å². The van der Waals surface area contributed by atoms with Crippen LogP contribution >= 0.6 is 11.6 Å². The van der Waals surface area contributed by atoms with E-state index in [2.05, 4.69) is 23.7 Å². The van der Waals surface area contributed by atoms with E-state index < -0.39 is 5.97 Å². The zero-order chi connectivity index (χ0) is 19.4. The van der Waals surface area contributed by atoms with Gasteiger partial charge in [-0.2, -0.15) is 0 Å². The van der Waals surface area contributed by atoms with Crippen molar-refractivity contribution in [2.75, 3.05) is 0 Å². The predicted molar refractivity (Wildman–Crippen MR) is 108 cm³/mol. The van der Waals surface area contributed by atoms with Crippen molar-refractivity contribution < 1.29 is 9.90 Å². The van der Waals surface area contributed by atoms with E-state index in [9.17, 15) is 9.90 Å². The Kier molecular flexibility index (Phi) is 5.83. The minimum atomic E-state index is -0.952. The summed E-state index contributed by atoms with van der Waals surface area (Å²) in [6, 6.07) is 10.8. The lowest BCUT2D eigenvalue weighted by atomic mass is 10.1. The fourth-order valence-electron chi connectivity index (χ4n) is 2.93. The van der Waals surface area contributed by atoms with Gasteiger partial charge in [0.25, 0.3) is 0 Å². The zero-order valence-corrected chi connectivity index (χ0v) is 16.2. The van der Waals surface area contributed by atoms with Crippen LogP contribution < -0.4 is 0 Å². The van der Waals surface area contributed by atoms with Gasteiger partial charge in [0.1, 0.15) is 5.82 Å². The predicted octanol–water partition coefficient (Wildman–Crippen LogP) is 5.29. The highest BCUT2D eigenvalue weighted by molar-refractivity contribution is 6.31. The standard InChI is InChI=1S/C22H21ClN2O2/c1-3-4-5-6-7-16-8-9-18(19(23)12-16)14-25-15(2)24-20-11-10-17(22(26)27)13-21(20)25/h8-13H,3-5,14H2,1-2H3,(H,26,27). The lowest BCUT2D eigenvalue weighted by Crippen LogP contribution is -2.04. The van der Waals surface area contributed by atoms with Crippen LogP contribution in [0.5, 0.6) is 0 Å². The largest absolute Gasteiger partial charge is 0.478 e. The van der Waals surface area contributed by atoms with Crippen LogP contribution in [0.2, 0.25) is 5.02 Å². The van der Waals surface area contributed by atoms with Gasteiger partial charge in [-0.05, 0) is 49.2 Å². The molecule has 0 aliphatic carbocycles. The maximum absolute atomic E-state index is 11.3. The summed E-state index contributed by atoms with van der Waals surface area (Å²) in [7, 11) is 0. The molecule has 0 saturated heterocycles. The maximum atomic E-state index is 11.3. The van der Waals surface area contributed by atoms with Crippen LogP contribution in [0.3, 0.4) is 0 Å². The minimum Gasteiger partial charge on any atom is -0.478 e. The highest BCUT2D eigenvalue weighted by Crippen LogP contribution is 2.23. The molecule has 0 unspecified atom stereocenters. The molecule has 27 heavy (non-hydrogen) atoms. The molecule has 1 N–H and O–H groups in total. The first-order valence-corrected chi connectivity index (χ1v) is 9.35. The lowest BCUT2D eigenvalue weighted by Gasteiger charge is -2.09. The summed E-state index contributed by atoms with van der Waals surface area (Å²) in [6.45, 7) is 4.57. The molecule has 4 nitrogen and oxygen atoms in total. The van der Waals surface area contributed by atoms with E-state index >= 15 is 0 Å². The molecule has 2 aromatic carbocycles. The van der Waals surface area contributed by atoms with Crippen LogP contribution in [-0.4, -0.2) is 20.6 Å². The Labute approximate surface area is 163 Å². The van der Waals surface area contributed by atoms with E-state index in [4.69, 9.17) is 11.6 Å². The van der Waals surface area contributed by atoms with Gasteiger partial charge < -0.3 is 9.67 Å². The zero-order valence-electron chi connectivity index (χ0n) is 15.4. The number of halogens is 1. The number of carboxylic acid groups (broad SMARTS) is 1. The second-order valence-electron chi connectivity index (χ2n) is 6.47. The molecule has 0 fully saturated rings. The third-order valence-corrected chi connectivity index (χ3v) is 4.81. The maximum Gasteiger partial charge on any atom is 0.335 e. The van der Waals surface area contributed by atoms with Crippen molar-refractivity contribution >= 4 is 28.6 Å². The molecule has 1 aromatic heterocycles. The Morgan fingerprint density at radius 2 is 2.07 bits per heavy atom. The van der Waals surface area contributed by atoms with Crippen LogP contribution in [0.4, 0.5) is 0 Å². The van der Waals surface area contributed by atoms with Crippen molar-refractivity contribution in [1.82, 2.24) is 9.55 Å². The van der Waals surface area contributed by atoms with E-state index in [-0.39, 0.29) is 5.56 Å². The molecule has 0 aliphatic heterocycles. The average molecular weight is 381 g/mol. The first-order chi connectivity index (χ1) is 13.0. The fraction of sp³-hybridized carbons (Fsp3) is 0.273. The number of rotatable bonds is 5. The van der Waals surface area contributed by atoms with Crippen molar-refractivity contribution in [3.05, 3.63) is 63.9 Å². The number of nitrogens with zero attached hydrogens (tertiary/aromatic N) is 2. The first-order valence-electron chi connectivity index (χ1n) is 8.97. The van der Waals surface area contributed by atoms with Gasteiger partial charge in [0.05, 0.1) is 23.1 Å². The molecule has 3 aromatic rings. The molecule has 0 radical (unpaired) electrons. The molecule has 0 bridgehead atoms. The molecule has 3 rings (SSSR count). The second-order valence-corrected chi connectivity index (χ2v) is 6.87. The van der Waals surface area contributed by atoms with Crippen LogP contribution in [0.15, 0.2) is 36.4 Å². The number of aryl methyl sites for hydroxylation is 1. The van der Waals surface area contributed by atoms with Gasteiger partial charge in [0.2, 0.25) is 0 Å². The monoisotopic (exact) mass is 380 g/mol. The third kappa shape index (κ3) is 4.32. The number of benzene rings is 2. The number of aromatic carboxylic acids is 1. The number of hydrogen-bond acceptors (Lipinski definition) is 2. The van der Waals surface area contributed by atoms with Gasteiger partial charge >= 0.3 is 5.97 Å². The summed E-state index contributed by atoms with van der Waals surface area (Å²) in [5.41, 5.74) is 3.64. The van der Waals surface area contributed by atoms with Crippen molar-refractivity contribution in [3.63, 3.8) is 0 Å². The average Bonchev–Trinajstić information content (AvgIpc) is 2.95. The van der Waals surface area contributed by atoms with Gasteiger partial charge in [-0.25, -0.2) is 9.78 Å². The van der Waals surface area contributed by atoms with Gasteiger partial charge in [0.15, 0.2) is 0 Å². The van der Waals surface area contributed by atoms with Crippen LogP contribution in [0.25, 0.3) is 11.0 Å². The number of carboxylic acids is 1. The van der Waals surface area contributed by atoms with E-state index in [1.54, 1.807) is 18.2 Å². The van der Waals surface area contributed by atoms with E-state index in [0.717, 1.165) is 47.2 Å². The topological polar surface area (TPSA) is 55.1 Å². The number of fused-ring (bicyclic) bond motifs is 1. The quantitative estimate of drug-likeness (QED) is 0.483. The van der Waals surface area contributed by atoms with Crippen LogP contribution in [0, 0.1) is 18.8 Å². The lowest BCUT2D eigenvalue weighted by molar-refractivity contribution is 0.0697. The van der Waals surface area contributed by atoms with Gasteiger partial charge in [0, 0.05) is 17.0 Å². The van der Waals surface area contributed by atoms with Crippen molar-refractivity contribution in [2.24, 2.45) is 0 Å². The third-order valence-electron chi connectivity index (χ3n) is 4.46. The molecule has 5 heteroatoms. The fourth-order valence-corrected chi connectivity index (χ4v) is 3.17. The Balaban J connectivity index is 1.90. The number of hydrogen-bond donors (Lipinski definition) is 1. The molecule has 138 valence electrons. The molecule has 1 heterocycles. The molecule has 0 amide bonds. The van der Waals surface area contributed by atoms with Crippen LogP contribution in [0.1, 0.15) is 53.5 Å². The number of carbonyl (C=O) groups is 1. The first kappa shape index (κ1) is 19.0. The van der Waals surface area contributed by atoms with E-state index in [1.165, 1.54) is 0 Å². The Morgan fingerprint density at radius 1 is 1.26 bits per heavy atom. The molecule has 0 atom stereocenters. The number of unbranched alkanes of at least 4 members (excludes halogenated alkanes) is 2. The molecule has 0 aliphatic rings. The summed E-state index contributed by atoms with van der Waals surface area (Å²) in [4.78, 5) is 15.8. The highest BCUT2D eigenvalue weighted by atomic mass is 35.5. The molecule has 0 spiro atoms. The smallest absolute Gasteiger partial charge is 0.335 e. The minimum absolute atomic E-state index is 0.243. The number of imidazole rings is 1. The summed E-state index contributed by atoms with van der Waals surface area (Å²) in [5.74, 6) is 6.17. The van der Waals surface area contributed by atoms with E-state index in [1.807, 2.05) is 29.7 Å². The van der Waals surface area contributed by atoms with Crippen LogP contribution in [-0.2, 0) is 6.54 Å². The second kappa shape index (κ2) is 8.28. The van der Waals surface area contributed by atoms with Crippen molar-refractivity contribution in [2.45, 2.75) is 39.7 Å². The van der Waals surface area contributed by atoms with Gasteiger partial charge in [-0.1, -0.05) is 42.9 Å². The van der Waals surface area contributed by atoms with Crippen molar-refractivity contribution in [3.8, 4) is 11.8 Å². The Morgan fingerprint density at radius 3 is 2.78 bits per heavy atom. The summed E-state index contributed by atoms with van der Waals surface area (Å²) in [6.07, 6.45) is 3.13. The Bertz CT molecular complexity index is 1060. The highest BCUT2D eigenvalue weighted by Gasteiger charge is 2.12. The normalized spacial score (nSPS) is 10.6.